The van der Waals surface area contributed by atoms with Gasteiger partial charge in [-0.1, -0.05) is 26.0 Å². The number of aromatic carboxylic acids is 1. The predicted molar refractivity (Wildman–Crippen MR) is 71.4 cm³/mol. The van der Waals surface area contributed by atoms with Crippen molar-refractivity contribution in [1.82, 2.24) is 5.32 Å². The maximum Gasteiger partial charge on any atom is 0.336 e. The summed E-state index contributed by atoms with van der Waals surface area (Å²) in [5, 5.41) is 11.9. The number of methoxy groups -OCH3 is 1. The molecule has 5 nitrogen and oxygen atoms in total. The number of rotatable bonds is 6. The van der Waals surface area contributed by atoms with Crippen LogP contribution in [0.1, 0.15) is 34.6 Å². The second kappa shape index (κ2) is 6.89. The molecule has 0 aromatic heterocycles. The fourth-order valence-electron chi connectivity index (χ4n) is 1.69. The molecule has 0 fully saturated rings. The van der Waals surface area contributed by atoms with Crippen LogP contribution in [0, 0.1) is 5.92 Å². The van der Waals surface area contributed by atoms with E-state index in [1.54, 1.807) is 19.2 Å². The van der Waals surface area contributed by atoms with Crippen molar-refractivity contribution in [2.45, 2.75) is 19.9 Å². The van der Waals surface area contributed by atoms with Gasteiger partial charge in [0.2, 0.25) is 0 Å². The molecule has 1 amide bonds. The molecule has 104 valence electrons. The van der Waals surface area contributed by atoms with E-state index in [2.05, 4.69) is 5.32 Å². The van der Waals surface area contributed by atoms with E-state index in [9.17, 15) is 9.59 Å². The highest BCUT2D eigenvalue weighted by atomic mass is 16.5. The van der Waals surface area contributed by atoms with Crippen LogP contribution in [-0.2, 0) is 4.74 Å². The van der Waals surface area contributed by atoms with E-state index in [-0.39, 0.29) is 23.1 Å². The number of carbonyl (C=O) groups is 2. The number of nitrogens with one attached hydrogen (secondary N) is 1. The largest absolute Gasteiger partial charge is 0.478 e. The highest BCUT2D eigenvalue weighted by molar-refractivity contribution is 6.04. The number of carbonyl (C=O) groups excluding carboxylic acids is 1. The molecule has 0 bridgehead atoms. The van der Waals surface area contributed by atoms with Crippen molar-refractivity contribution in [2.24, 2.45) is 5.92 Å². The van der Waals surface area contributed by atoms with Gasteiger partial charge in [-0.05, 0) is 18.1 Å². The first-order valence-corrected chi connectivity index (χ1v) is 6.09. The molecule has 0 saturated heterocycles. The normalized spacial score (nSPS) is 12.2. The third-order valence-corrected chi connectivity index (χ3v) is 2.87. The van der Waals surface area contributed by atoms with Crippen LogP contribution in [0.2, 0.25) is 0 Å². The van der Waals surface area contributed by atoms with Gasteiger partial charge in [-0.15, -0.1) is 0 Å². The average Bonchev–Trinajstić information content (AvgIpc) is 2.37. The lowest BCUT2D eigenvalue weighted by molar-refractivity contribution is 0.0688. The number of ether oxygens (including phenoxy) is 1. The summed E-state index contributed by atoms with van der Waals surface area (Å²) in [6.45, 7) is 4.32. The van der Waals surface area contributed by atoms with Gasteiger partial charge in [0, 0.05) is 7.11 Å². The molecular weight excluding hydrogens is 246 g/mol. The summed E-state index contributed by atoms with van der Waals surface area (Å²) >= 11 is 0. The summed E-state index contributed by atoms with van der Waals surface area (Å²) in [6, 6.07) is 6.00. The molecule has 1 atom stereocenters. The van der Waals surface area contributed by atoms with Gasteiger partial charge in [-0.2, -0.15) is 0 Å². The highest BCUT2D eigenvalue weighted by Crippen LogP contribution is 2.10. The van der Waals surface area contributed by atoms with Crippen molar-refractivity contribution in [2.75, 3.05) is 13.7 Å². The van der Waals surface area contributed by atoms with Gasteiger partial charge < -0.3 is 15.2 Å². The smallest absolute Gasteiger partial charge is 0.336 e. The predicted octanol–water partition coefficient (Wildman–Crippen LogP) is 1.79. The van der Waals surface area contributed by atoms with Gasteiger partial charge in [-0.25, -0.2) is 4.79 Å². The van der Waals surface area contributed by atoms with E-state index < -0.39 is 11.9 Å². The molecule has 19 heavy (non-hydrogen) atoms. The zero-order valence-electron chi connectivity index (χ0n) is 11.3. The van der Waals surface area contributed by atoms with Gasteiger partial charge in [0.25, 0.3) is 5.91 Å². The molecule has 1 rings (SSSR count). The minimum absolute atomic E-state index is 0.0000713. The molecule has 0 aliphatic heterocycles. The van der Waals surface area contributed by atoms with E-state index in [4.69, 9.17) is 9.84 Å². The standard InChI is InChI=1S/C14H19NO4/c1-9(2)12(8-19-3)15-13(16)10-6-4-5-7-11(10)14(17)18/h4-7,9,12H,8H2,1-3H3,(H,15,16)(H,17,18). The van der Waals surface area contributed by atoms with Crippen molar-refractivity contribution in [3.63, 3.8) is 0 Å². The Morgan fingerprint density at radius 3 is 2.32 bits per heavy atom. The fourth-order valence-corrected chi connectivity index (χ4v) is 1.69. The minimum atomic E-state index is -1.11. The SMILES string of the molecule is COCC(NC(=O)c1ccccc1C(=O)O)C(C)C. The maximum absolute atomic E-state index is 12.1. The fraction of sp³-hybridized carbons (Fsp3) is 0.429. The van der Waals surface area contributed by atoms with Crippen LogP contribution in [0.3, 0.4) is 0 Å². The summed E-state index contributed by atoms with van der Waals surface area (Å²) in [7, 11) is 1.56. The molecule has 0 radical (unpaired) electrons. The highest BCUT2D eigenvalue weighted by Gasteiger charge is 2.20. The molecule has 2 N–H and O–H groups in total. The Hall–Kier alpha value is -1.88. The average molecular weight is 265 g/mol. The van der Waals surface area contributed by atoms with Crippen LogP contribution >= 0.6 is 0 Å². The van der Waals surface area contributed by atoms with Gasteiger partial charge in [0.05, 0.1) is 23.8 Å². The zero-order chi connectivity index (χ0) is 14.4. The Balaban J connectivity index is 2.91. The van der Waals surface area contributed by atoms with Gasteiger partial charge in [0.1, 0.15) is 0 Å². The Kier molecular flexibility index (Phi) is 5.51. The van der Waals surface area contributed by atoms with E-state index in [1.807, 2.05) is 13.8 Å². The number of carboxylic acids is 1. The summed E-state index contributed by atoms with van der Waals surface area (Å²) in [4.78, 5) is 23.2. The zero-order valence-corrected chi connectivity index (χ0v) is 11.3. The van der Waals surface area contributed by atoms with Crippen LogP contribution in [0.5, 0.6) is 0 Å². The Bertz CT molecular complexity index is 457. The van der Waals surface area contributed by atoms with E-state index in [0.717, 1.165) is 0 Å². The lowest BCUT2D eigenvalue weighted by Crippen LogP contribution is -2.42. The third-order valence-electron chi connectivity index (χ3n) is 2.87. The molecule has 5 heteroatoms. The number of benzene rings is 1. The Morgan fingerprint density at radius 2 is 1.84 bits per heavy atom. The first-order valence-electron chi connectivity index (χ1n) is 6.09. The van der Waals surface area contributed by atoms with Crippen LogP contribution in [0.4, 0.5) is 0 Å². The first-order chi connectivity index (χ1) is 8.97. The Morgan fingerprint density at radius 1 is 1.26 bits per heavy atom. The second-order valence-electron chi connectivity index (χ2n) is 4.63. The van der Waals surface area contributed by atoms with Crippen molar-refractivity contribution < 1.29 is 19.4 Å². The summed E-state index contributed by atoms with van der Waals surface area (Å²) in [5.74, 6) is -1.31. The van der Waals surface area contributed by atoms with Crippen molar-refractivity contribution >= 4 is 11.9 Å². The molecule has 0 spiro atoms. The summed E-state index contributed by atoms with van der Waals surface area (Å²) in [5.41, 5.74) is 0.164. The van der Waals surface area contributed by atoms with Crippen molar-refractivity contribution in [1.29, 1.82) is 0 Å². The second-order valence-corrected chi connectivity index (χ2v) is 4.63. The molecule has 1 aromatic carbocycles. The van der Waals surface area contributed by atoms with Crippen molar-refractivity contribution in [3.8, 4) is 0 Å². The third kappa shape index (κ3) is 4.06. The maximum atomic E-state index is 12.1. The van der Waals surface area contributed by atoms with Gasteiger partial charge >= 0.3 is 5.97 Å². The first kappa shape index (κ1) is 15.2. The van der Waals surface area contributed by atoms with Crippen LogP contribution in [0.25, 0.3) is 0 Å². The lowest BCUT2D eigenvalue weighted by Gasteiger charge is -2.21. The molecular formula is C14H19NO4. The molecule has 0 heterocycles. The van der Waals surface area contributed by atoms with Crippen LogP contribution < -0.4 is 5.32 Å². The topological polar surface area (TPSA) is 75.6 Å². The molecule has 0 aliphatic rings. The molecule has 1 unspecified atom stereocenters. The number of hydrogen-bond acceptors (Lipinski definition) is 3. The quantitative estimate of drug-likeness (QED) is 0.822. The van der Waals surface area contributed by atoms with Crippen LogP contribution in [0.15, 0.2) is 24.3 Å². The van der Waals surface area contributed by atoms with E-state index >= 15 is 0 Å². The van der Waals surface area contributed by atoms with E-state index in [1.165, 1.54) is 12.1 Å². The van der Waals surface area contributed by atoms with Gasteiger partial charge in [-0.3, -0.25) is 4.79 Å². The molecule has 0 aliphatic carbocycles. The monoisotopic (exact) mass is 265 g/mol. The number of carboxylic acid groups (broad SMARTS) is 1. The Labute approximate surface area is 112 Å². The van der Waals surface area contributed by atoms with Crippen molar-refractivity contribution in [3.05, 3.63) is 35.4 Å². The van der Waals surface area contributed by atoms with Gasteiger partial charge in [0.15, 0.2) is 0 Å². The molecule has 0 saturated carbocycles. The lowest BCUT2D eigenvalue weighted by atomic mass is 10.0. The summed E-state index contributed by atoms with van der Waals surface area (Å²) in [6.07, 6.45) is 0. The number of hydrogen-bond donors (Lipinski definition) is 2. The van der Waals surface area contributed by atoms with Crippen LogP contribution in [-0.4, -0.2) is 36.7 Å². The minimum Gasteiger partial charge on any atom is -0.478 e. The number of amides is 1. The molecule has 1 aromatic rings. The summed E-state index contributed by atoms with van der Waals surface area (Å²) < 4.78 is 5.05. The van der Waals surface area contributed by atoms with E-state index in [0.29, 0.717) is 6.61 Å².